The summed E-state index contributed by atoms with van der Waals surface area (Å²) in [6, 6.07) is 10.5. The first-order chi connectivity index (χ1) is 16.6. The van der Waals surface area contributed by atoms with Crippen LogP contribution in [0.5, 0.6) is 5.75 Å². The second-order valence-electron chi connectivity index (χ2n) is 8.93. The molecule has 2 aliphatic rings. The zero-order valence-electron chi connectivity index (χ0n) is 20.0. The molecule has 1 aromatic heterocycles. The Morgan fingerprint density at radius 2 is 2.18 bits per heavy atom. The molecule has 34 heavy (non-hydrogen) atoms. The minimum absolute atomic E-state index is 0.197. The van der Waals surface area contributed by atoms with Crippen molar-refractivity contribution in [1.29, 1.82) is 5.26 Å². The summed E-state index contributed by atoms with van der Waals surface area (Å²) < 4.78 is 11.3. The Bertz CT molecular complexity index is 1000. The smallest absolute Gasteiger partial charge is 0.164 e. The Morgan fingerprint density at radius 1 is 1.32 bits per heavy atom. The van der Waals surface area contributed by atoms with Crippen LogP contribution < -0.4 is 20.3 Å². The van der Waals surface area contributed by atoms with Crippen molar-refractivity contribution in [3.63, 3.8) is 0 Å². The second-order valence-corrected chi connectivity index (χ2v) is 8.93. The molecule has 2 atom stereocenters. The molecule has 3 N–H and O–H groups in total. The molecule has 1 saturated carbocycles. The van der Waals surface area contributed by atoms with Crippen LogP contribution >= 0.6 is 0 Å². The number of ether oxygens (including phenoxy) is 2. The molecule has 2 heterocycles. The van der Waals surface area contributed by atoms with Crippen molar-refractivity contribution in [2.24, 2.45) is 0 Å². The van der Waals surface area contributed by atoms with Gasteiger partial charge in [0, 0.05) is 36.9 Å². The van der Waals surface area contributed by atoms with Gasteiger partial charge in [0.15, 0.2) is 5.82 Å². The minimum atomic E-state index is -0.590. The highest BCUT2D eigenvalue weighted by Crippen LogP contribution is 2.36. The standard InChI is InChI=1S/C25H34N6O3/c1-17-23(28-19-9-12-33-15-19)29-24(30-25(17)31(11-4-10-26)20-7-8-20)18-5-3-6-22(13-18)34-16-21(32)14-27-2/h3,5-6,13,19-21,27,32H,4,7-9,11-12,14-16H2,1-2H3,(H,28,29,30). The molecule has 0 radical (unpaired) electrons. The molecule has 0 spiro atoms. The molecule has 2 aromatic rings. The van der Waals surface area contributed by atoms with Gasteiger partial charge in [-0.25, -0.2) is 9.97 Å². The maximum atomic E-state index is 9.97. The molecule has 9 nitrogen and oxygen atoms in total. The summed E-state index contributed by atoms with van der Waals surface area (Å²) in [6.07, 6.45) is 3.02. The third-order valence-corrected chi connectivity index (χ3v) is 6.09. The summed E-state index contributed by atoms with van der Waals surface area (Å²) in [7, 11) is 1.79. The quantitative estimate of drug-likeness (QED) is 0.434. The van der Waals surface area contributed by atoms with E-state index in [9.17, 15) is 10.4 Å². The predicted molar refractivity (Wildman–Crippen MR) is 131 cm³/mol. The molecule has 4 rings (SSSR count). The number of likely N-dealkylation sites (N-methyl/N-ethyl adjacent to an activating group) is 1. The van der Waals surface area contributed by atoms with E-state index in [1.807, 2.05) is 31.2 Å². The number of nitrogens with one attached hydrogen (secondary N) is 2. The third kappa shape index (κ3) is 6.14. The number of aliphatic hydroxyl groups is 1. The molecule has 1 aliphatic heterocycles. The third-order valence-electron chi connectivity index (χ3n) is 6.09. The van der Waals surface area contributed by atoms with E-state index >= 15 is 0 Å². The molecular weight excluding hydrogens is 432 g/mol. The zero-order valence-corrected chi connectivity index (χ0v) is 20.0. The van der Waals surface area contributed by atoms with Gasteiger partial charge in [-0.2, -0.15) is 5.26 Å². The predicted octanol–water partition coefficient (Wildman–Crippen LogP) is 2.49. The van der Waals surface area contributed by atoms with Crippen LogP contribution in [0, 0.1) is 18.3 Å². The van der Waals surface area contributed by atoms with E-state index < -0.39 is 6.10 Å². The first kappa shape index (κ1) is 24.2. The van der Waals surface area contributed by atoms with Crippen LogP contribution in [0.3, 0.4) is 0 Å². The second kappa shape index (κ2) is 11.5. The number of hydrogen-bond donors (Lipinski definition) is 3. The Balaban J connectivity index is 1.66. The molecule has 1 aliphatic carbocycles. The maximum absolute atomic E-state index is 9.97. The van der Waals surface area contributed by atoms with E-state index in [1.165, 1.54) is 0 Å². The molecule has 1 saturated heterocycles. The van der Waals surface area contributed by atoms with E-state index in [2.05, 4.69) is 21.6 Å². The topological polar surface area (TPSA) is 116 Å². The fourth-order valence-electron chi connectivity index (χ4n) is 4.13. The van der Waals surface area contributed by atoms with Gasteiger partial charge in [0.25, 0.3) is 0 Å². The summed E-state index contributed by atoms with van der Waals surface area (Å²) in [5.41, 5.74) is 1.83. The lowest BCUT2D eigenvalue weighted by atomic mass is 10.1. The van der Waals surface area contributed by atoms with Gasteiger partial charge >= 0.3 is 0 Å². The van der Waals surface area contributed by atoms with E-state index in [4.69, 9.17) is 19.4 Å². The maximum Gasteiger partial charge on any atom is 0.164 e. The van der Waals surface area contributed by atoms with Crippen LogP contribution in [0.25, 0.3) is 11.4 Å². The van der Waals surface area contributed by atoms with Gasteiger partial charge in [-0.3, -0.25) is 0 Å². The zero-order chi connectivity index (χ0) is 23.9. The van der Waals surface area contributed by atoms with Crippen LogP contribution in [0.15, 0.2) is 24.3 Å². The number of rotatable bonds is 12. The van der Waals surface area contributed by atoms with Gasteiger partial charge < -0.3 is 30.1 Å². The fourth-order valence-corrected chi connectivity index (χ4v) is 4.13. The molecule has 1 aromatic carbocycles. The van der Waals surface area contributed by atoms with Gasteiger partial charge in [-0.05, 0) is 45.4 Å². The number of benzene rings is 1. The first-order valence-corrected chi connectivity index (χ1v) is 12.0. The monoisotopic (exact) mass is 466 g/mol. The number of hydrogen-bond acceptors (Lipinski definition) is 9. The Morgan fingerprint density at radius 3 is 2.88 bits per heavy atom. The largest absolute Gasteiger partial charge is 0.491 e. The lowest BCUT2D eigenvalue weighted by molar-refractivity contribution is 0.108. The molecule has 182 valence electrons. The molecule has 0 bridgehead atoms. The van der Waals surface area contributed by atoms with Gasteiger partial charge in [0.1, 0.15) is 30.1 Å². The fraction of sp³-hybridized carbons (Fsp3) is 0.560. The SMILES string of the molecule is CNCC(O)COc1cccc(-c2nc(NC3CCOC3)c(C)c(N(CCC#N)C3CC3)n2)c1. The van der Waals surface area contributed by atoms with Crippen molar-refractivity contribution >= 4 is 11.6 Å². The molecular formula is C25H34N6O3. The van der Waals surface area contributed by atoms with Crippen LogP contribution in [0.1, 0.15) is 31.2 Å². The van der Waals surface area contributed by atoms with E-state index in [0.29, 0.717) is 43.7 Å². The number of aromatic nitrogens is 2. The Kier molecular flexibility index (Phi) is 8.16. The first-order valence-electron chi connectivity index (χ1n) is 12.0. The van der Waals surface area contributed by atoms with Gasteiger partial charge in [-0.1, -0.05) is 12.1 Å². The molecule has 0 amide bonds. The highest BCUT2D eigenvalue weighted by atomic mass is 16.5. The average Bonchev–Trinajstić information content (AvgIpc) is 3.55. The van der Waals surface area contributed by atoms with Crippen LogP contribution in [0.4, 0.5) is 11.6 Å². The number of nitrogens with zero attached hydrogens (tertiary/aromatic N) is 4. The van der Waals surface area contributed by atoms with E-state index in [-0.39, 0.29) is 12.6 Å². The minimum Gasteiger partial charge on any atom is -0.491 e. The lowest BCUT2D eigenvalue weighted by Gasteiger charge is -2.26. The van der Waals surface area contributed by atoms with Gasteiger partial charge in [0.05, 0.1) is 25.1 Å². The summed E-state index contributed by atoms with van der Waals surface area (Å²) in [4.78, 5) is 12.1. The van der Waals surface area contributed by atoms with E-state index in [1.54, 1.807) is 7.05 Å². The van der Waals surface area contributed by atoms with Crippen molar-refractivity contribution in [2.45, 2.75) is 50.8 Å². The van der Waals surface area contributed by atoms with Crippen molar-refractivity contribution in [3.05, 3.63) is 29.8 Å². The van der Waals surface area contributed by atoms with E-state index in [0.717, 1.165) is 48.6 Å². The number of nitriles is 1. The number of aliphatic hydroxyl groups excluding tert-OH is 1. The average molecular weight is 467 g/mol. The van der Waals surface area contributed by atoms with Crippen molar-refractivity contribution in [2.75, 3.05) is 50.2 Å². The summed E-state index contributed by atoms with van der Waals surface area (Å²) >= 11 is 0. The molecule has 2 fully saturated rings. The molecule has 2 unspecified atom stereocenters. The Labute approximate surface area is 201 Å². The van der Waals surface area contributed by atoms with Crippen LogP contribution in [-0.2, 0) is 4.74 Å². The summed E-state index contributed by atoms with van der Waals surface area (Å²) in [5, 5.41) is 25.7. The highest BCUT2D eigenvalue weighted by Gasteiger charge is 2.32. The highest BCUT2D eigenvalue weighted by molar-refractivity contribution is 5.67. The van der Waals surface area contributed by atoms with Crippen molar-refractivity contribution in [3.8, 4) is 23.2 Å². The van der Waals surface area contributed by atoms with Gasteiger partial charge in [-0.15, -0.1) is 0 Å². The van der Waals surface area contributed by atoms with Crippen LogP contribution in [0.2, 0.25) is 0 Å². The normalized spacial score (nSPS) is 18.4. The van der Waals surface area contributed by atoms with Gasteiger partial charge in [0.2, 0.25) is 0 Å². The van der Waals surface area contributed by atoms with Crippen LogP contribution in [-0.4, -0.2) is 73.2 Å². The molecule has 9 heteroatoms. The lowest BCUT2D eigenvalue weighted by Crippen LogP contribution is -2.30. The summed E-state index contributed by atoms with van der Waals surface area (Å²) in [6.45, 7) is 4.76. The van der Waals surface area contributed by atoms with Crippen molar-refractivity contribution in [1.82, 2.24) is 15.3 Å². The summed E-state index contributed by atoms with van der Waals surface area (Å²) in [5.74, 6) is 2.93. The number of anilines is 2. The Hall–Kier alpha value is -2.93. The van der Waals surface area contributed by atoms with Crippen molar-refractivity contribution < 1.29 is 14.6 Å².